The molecule has 1 aliphatic carbocycles. The van der Waals surface area contributed by atoms with Crippen LogP contribution in [0.5, 0.6) is 0 Å². The van der Waals surface area contributed by atoms with Crippen molar-refractivity contribution in [2.75, 3.05) is 22.8 Å². The third kappa shape index (κ3) is 3.91. The molecule has 0 bridgehead atoms. The van der Waals surface area contributed by atoms with Crippen LogP contribution in [0.1, 0.15) is 25.7 Å². The maximum Gasteiger partial charge on any atom is 0.229 e. The summed E-state index contributed by atoms with van der Waals surface area (Å²) in [6.07, 6.45) is 6.34. The van der Waals surface area contributed by atoms with Crippen LogP contribution < -0.4 is 10.0 Å². The summed E-state index contributed by atoms with van der Waals surface area (Å²) >= 11 is 0. The minimum atomic E-state index is -3.23. The predicted molar refractivity (Wildman–Crippen MR) is 75.4 cm³/mol. The van der Waals surface area contributed by atoms with Gasteiger partial charge in [0, 0.05) is 6.54 Å². The van der Waals surface area contributed by atoms with E-state index in [0.717, 1.165) is 18.2 Å². The Balaban J connectivity index is 2.02. The van der Waals surface area contributed by atoms with Crippen LogP contribution in [0.25, 0.3) is 0 Å². The number of nitrogens with one attached hydrogen (secondary N) is 2. The Morgan fingerprint density at radius 2 is 1.78 bits per heavy atom. The Morgan fingerprint density at radius 3 is 2.39 bits per heavy atom. The fraction of sp³-hybridized carbons (Fsp3) is 0.538. The lowest BCUT2D eigenvalue weighted by atomic mass is 10.1. The number of hydrogen-bond acceptors (Lipinski definition) is 3. The molecule has 0 unspecified atom stereocenters. The number of para-hydroxylation sites is 2. The first kappa shape index (κ1) is 13.2. The second-order valence-electron chi connectivity index (χ2n) is 4.95. The van der Waals surface area contributed by atoms with E-state index in [9.17, 15) is 8.42 Å². The van der Waals surface area contributed by atoms with Crippen LogP contribution in [-0.4, -0.2) is 21.2 Å². The molecule has 5 heteroatoms. The molecule has 0 saturated heterocycles. The lowest BCUT2D eigenvalue weighted by Crippen LogP contribution is -2.15. The van der Waals surface area contributed by atoms with Gasteiger partial charge in [-0.2, -0.15) is 0 Å². The Morgan fingerprint density at radius 1 is 1.17 bits per heavy atom. The van der Waals surface area contributed by atoms with Crippen molar-refractivity contribution in [3.63, 3.8) is 0 Å². The predicted octanol–water partition coefficient (Wildman–Crippen LogP) is 2.66. The summed E-state index contributed by atoms with van der Waals surface area (Å²) in [5.41, 5.74) is 1.48. The molecule has 0 spiro atoms. The van der Waals surface area contributed by atoms with Crippen molar-refractivity contribution >= 4 is 21.4 Å². The summed E-state index contributed by atoms with van der Waals surface area (Å²) in [6, 6.07) is 7.42. The van der Waals surface area contributed by atoms with Crippen LogP contribution in [-0.2, 0) is 10.0 Å². The zero-order valence-corrected chi connectivity index (χ0v) is 11.5. The first-order valence-electron chi connectivity index (χ1n) is 6.35. The number of benzene rings is 1. The highest BCUT2D eigenvalue weighted by Gasteiger charge is 2.15. The highest BCUT2D eigenvalue weighted by molar-refractivity contribution is 7.92. The van der Waals surface area contributed by atoms with E-state index in [4.69, 9.17) is 0 Å². The van der Waals surface area contributed by atoms with Crippen LogP contribution in [0, 0.1) is 5.92 Å². The monoisotopic (exact) mass is 268 g/mol. The minimum Gasteiger partial charge on any atom is -0.383 e. The van der Waals surface area contributed by atoms with Crippen LogP contribution in [0.4, 0.5) is 11.4 Å². The van der Waals surface area contributed by atoms with Crippen molar-refractivity contribution in [2.24, 2.45) is 5.92 Å². The highest BCUT2D eigenvalue weighted by atomic mass is 32.2. The van der Waals surface area contributed by atoms with Gasteiger partial charge < -0.3 is 5.32 Å². The topological polar surface area (TPSA) is 58.2 Å². The Hall–Kier alpha value is -1.23. The summed E-state index contributed by atoms with van der Waals surface area (Å²) < 4.78 is 25.1. The SMILES string of the molecule is CS(=O)(=O)Nc1ccccc1NCC1CCCC1. The van der Waals surface area contributed by atoms with E-state index in [1.807, 2.05) is 18.2 Å². The second-order valence-corrected chi connectivity index (χ2v) is 6.70. The van der Waals surface area contributed by atoms with Gasteiger partial charge in [0.05, 0.1) is 17.6 Å². The Kier molecular flexibility index (Phi) is 4.11. The third-order valence-corrected chi connectivity index (χ3v) is 3.87. The molecule has 0 radical (unpaired) electrons. The van der Waals surface area contributed by atoms with Crippen molar-refractivity contribution in [1.29, 1.82) is 0 Å². The molecule has 1 aromatic rings. The number of rotatable bonds is 5. The van der Waals surface area contributed by atoms with Crippen molar-refractivity contribution in [3.05, 3.63) is 24.3 Å². The zero-order valence-electron chi connectivity index (χ0n) is 10.6. The number of sulfonamides is 1. The lowest BCUT2D eigenvalue weighted by Gasteiger charge is -2.15. The first-order chi connectivity index (χ1) is 8.54. The molecule has 1 aliphatic rings. The van der Waals surface area contributed by atoms with Crippen LogP contribution in [0.3, 0.4) is 0 Å². The standard InChI is InChI=1S/C13H20N2O2S/c1-18(16,17)15-13-9-5-4-8-12(13)14-10-11-6-2-3-7-11/h4-5,8-9,11,14-15H,2-3,6-7,10H2,1H3. The summed E-state index contributed by atoms with van der Waals surface area (Å²) in [6.45, 7) is 0.919. The number of hydrogen-bond donors (Lipinski definition) is 2. The minimum absolute atomic E-state index is 0.623. The van der Waals surface area contributed by atoms with E-state index in [2.05, 4.69) is 10.0 Å². The average molecular weight is 268 g/mol. The maximum absolute atomic E-state index is 11.3. The van der Waals surface area contributed by atoms with Gasteiger partial charge in [-0.1, -0.05) is 25.0 Å². The molecule has 0 aromatic heterocycles. The average Bonchev–Trinajstić information content (AvgIpc) is 2.79. The lowest BCUT2D eigenvalue weighted by molar-refractivity contribution is 0.580. The molecular weight excluding hydrogens is 248 g/mol. The van der Waals surface area contributed by atoms with Crippen molar-refractivity contribution < 1.29 is 8.42 Å². The van der Waals surface area contributed by atoms with E-state index in [1.54, 1.807) is 6.07 Å². The molecule has 1 fully saturated rings. The van der Waals surface area contributed by atoms with Crippen molar-refractivity contribution in [1.82, 2.24) is 0 Å². The number of anilines is 2. The van der Waals surface area contributed by atoms with Gasteiger partial charge in [-0.25, -0.2) is 8.42 Å². The van der Waals surface area contributed by atoms with Gasteiger partial charge in [0.25, 0.3) is 0 Å². The third-order valence-electron chi connectivity index (χ3n) is 3.28. The van der Waals surface area contributed by atoms with Crippen LogP contribution in [0.15, 0.2) is 24.3 Å². The molecule has 2 rings (SSSR count). The van der Waals surface area contributed by atoms with Gasteiger partial charge in [0.15, 0.2) is 0 Å². The molecule has 2 N–H and O–H groups in total. The fourth-order valence-electron chi connectivity index (χ4n) is 2.39. The second kappa shape index (κ2) is 5.61. The van der Waals surface area contributed by atoms with Crippen molar-refractivity contribution in [2.45, 2.75) is 25.7 Å². The molecule has 18 heavy (non-hydrogen) atoms. The van der Waals surface area contributed by atoms with E-state index in [0.29, 0.717) is 5.69 Å². The molecule has 0 atom stereocenters. The summed E-state index contributed by atoms with van der Waals surface area (Å²) in [5, 5.41) is 3.35. The van der Waals surface area contributed by atoms with Crippen LogP contribution >= 0.6 is 0 Å². The Bertz CT molecular complexity index is 493. The molecule has 0 aliphatic heterocycles. The van der Waals surface area contributed by atoms with Gasteiger partial charge in [-0.15, -0.1) is 0 Å². The van der Waals surface area contributed by atoms with Gasteiger partial charge >= 0.3 is 0 Å². The van der Waals surface area contributed by atoms with E-state index in [1.165, 1.54) is 31.9 Å². The summed E-state index contributed by atoms with van der Waals surface area (Å²) in [7, 11) is -3.23. The van der Waals surface area contributed by atoms with Crippen LogP contribution in [0.2, 0.25) is 0 Å². The van der Waals surface area contributed by atoms with Gasteiger partial charge in [-0.3, -0.25) is 4.72 Å². The molecule has 1 aromatic carbocycles. The molecule has 4 nitrogen and oxygen atoms in total. The molecule has 100 valence electrons. The summed E-state index contributed by atoms with van der Waals surface area (Å²) in [4.78, 5) is 0. The Labute approximate surface area is 109 Å². The quantitative estimate of drug-likeness (QED) is 0.863. The first-order valence-corrected chi connectivity index (χ1v) is 8.24. The van der Waals surface area contributed by atoms with Gasteiger partial charge in [-0.05, 0) is 30.9 Å². The van der Waals surface area contributed by atoms with Gasteiger partial charge in [0.2, 0.25) is 10.0 Å². The van der Waals surface area contributed by atoms with Crippen molar-refractivity contribution in [3.8, 4) is 0 Å². The largest absolute Gasteiger partial charge is 0.383 e. The smallest absolute Gasteiger partial charge is 0.229 e. The molecule has 1 saturated carbocycles. The fourth-order valence-corrected chi connectivity index (χ4v) is 2.97. The molecular formula is C13H20N2O2S. The van der Waals surface area contributed by atoms with E-state index in [-0.39, 0.29) is 0 Å². The summed E-state index contributed by atoms with van der Waals surface area (Å²) in [5.74, 6) is 0.719. The van der Waals surface area contributed by atoms with E-state index >= 15 is 0 Å². The van der Waals surface area contributed by atoms with Gasteiger partial charge in [0.1, 0.15) is 0 Å². The van der Waals surface area contributed by atoms with E-state index < -0.39 is 10.0 Å². The maximum atomic E-state index is 11.3. The highest BCUT2D eigenvalue weighted by Crippen LogP contribution is 2.27. The zero-order chi connectivity index (χ0) is 13.0. The molecule has 0 heterocycles. The molecule has 0 amide bonds. The normalized spacial score (nSPS) is 16.7.